The third kappa shape index (κ3) is 66.8. The SMILES string of the molecule is CC/C=C\C/C=C\C/C=C\C/C=C\CCCCCCCCCCC(=O)OC(COC(=O)CCCCCCCCCCCCCCCCCCCCCCCCCCC/C=C\CCCCCCCCCC)COP(=O)(O)OCC[N+](C)(C)C. The fourth-order valence-corrected chi connectivity index (χ4v) is 10.9. The average molecular weight is 1170 g/mol. The second-order valence-electron chi connectivity index (χ2n) is 24.9. The highest BCUT2D eigenvalue weighted by Gasteiger charge is 2.27. The Kier molecular flexibility index (Phi) is 61.5. The van der Waals surface area contributed by atoms with E-state index < -0.39 is 26.5 Å². The number of allylic oxidation sites excluding steroid dienone is 10. The summed E-state index contributed by atoms with van der Waals surface area (Å²) in [5.74, 6) is -0.794. The highest BCUT2D eigenvalue weighted by Crippen LogP contribution is 2.43. The number of carbonyl (C=O) groups excluding carboxylic acids is 2. The van der Waals surface area contributed by atoms with Crippen molar-refractivity contribution in [3.63, 3.8) is 0 Å². The summed E-state index contributed by atoms with van der Waals surface area (Å²) in [6.45, 7) is 4.35. The molecule has 0 aliphatic carbocycles. The zero-order chi connectivity index (χ0) is 59.8. The van der Waals surface area contributed by atoms with Gasteiger partial charge in [-0.2, -0.15) is 0 Å². The number of hydrogen-bond donors (Lipinski definition) is 1. The molecule has 0 aliphatic heterocycles. The molecule has 0 rings (SSSR count). The van der Waals surface area contributed by atoms with Gasteiger partial charge in [0.15, 0.2) is 6.10 Å². The van der Waals surface area contributed by atoms with E-state index >= 15 is 0 Å². The number of nitrogens with zero attached hydrogens (tertiary/aromatic N) is 1. The van der Waals surface area contributed by atoms with E-state index in [1.807, 2.05) is 21.1 Å². The summed E-state index contributed by atoms with van der Waals surface area (Å²) in [7, 11) is 1.48. The van der Waals surface area contributed by atoms with E-state index in [1.165, 1.54) is 231 Å². The highest BCUT2D eigenvalue weighted by molar-refractivity contribution is 7.47. The summed E-state index contributed by atoms with van der Waals surface area (Å²) < 4.78 is 34.7. The molecule has 0 aromatic heterocycles. The third-order valence-corrected chi connectivity index (χ3v) is 16.5. The number of rotatable bonds is 65. The molecule has 2 atom stereocenters. The molecule has 0 aromatic carbocycles. The molecule has 1 N–H and O–H groups in total. The topological polar surface area (TPSA) is 108 Å². The van der Waals surface area contributed by atoms with Gasteiger partial charge in [-0.15, -0.1) is 0 Å². The quantitative estimate of drug-likeness (QED) is 0.0211. The number of phosphoric acid groups is 1. The Morgan fingerprint density at radius 2 is 0.695 bits per heavy atom. The molecule has 0 aliphatic rings. The first-order valence-electron chi connectivity index (χ1n) is 35.0. The summed E-state index contributed by atoms with van der Waals surface area (Å²) in [6, 6.07) is 0. The maximum atomic E-state index is 12.8. The van der Waals surface area contributed by atoms with Crippen LogP contribution in [-0.2, 0) is 32.7 Å². The fourth-order valence-electron chi connectivity index (χ4n) is 10.2. The Balaban J connectivity index is 3.94. The van der Waals surface area contributed by atoms with Crippen molar-refractivity contribution in [3.8, 4) is 0 Å². The molecule has 0 aromatic rings. The van der Waals surface area contributed by atoms with Crippen LogP contribution in [0.5, 0.6) is 0 Å². The van der Waals surface area contributed by atoms with Gasteiger partial charge < -0.3 is 18.9 Å². The van der Waals surface area contributed by atoms with Gasteiger partial charge in [0.25, 0.3) is 0 Å². The molecule has 82 heavy (non-hydrogen) atoms. The molecular formula is C72H135NO8P+. The lowest BCUT2D eigenvalue weighted by atomic mass is 10.0. The minimum Gasteiger partial charge on any atom is -0.462 e. The number of quaternary nitrogens is 1. The van der Waals surface area contributed by atoms with Crippen LogP contribution in [0.1, 0.15) is 335 Å². The summed E-state index contributed by atoms with van der Waals surface area (Å²) in [5, 5.41) is 0. The van der Waals surface area contributed by atoms with E-state index in [0.717, 1.165) is 70.6 Å². The molecule has 0 amide bonds. The summed E-state index contributed by atoms with van der Waals surface area (Å²) in [4.78, 5) is 35.8. The van der Waals surface area contributed by atoms with Crippen LogP contribution in [0.15, 0.2) is 60.8 Å². The molecule has 0 fully saturated rings. The van der Waals surface area contributed by atoms with Crippen LogP contribution in [0.25, 0.3) is 0 Å². The van der Waals surface area contributed by atoms with Crippen molar-refractivity contribution in [2.24, 2.45) is 0 Å². The van der Waals surface area contributed by atoms with Gasteiger partial charge in [0.05, 0.1) is 27.7 Å². The Morgan fingerprint density at radius 1 is 0.390 bits per heavy atom. The van der Waals surface area contributed by atoms with Crippen molar-refractivity contribution in [1.29, 1.82) is 0 Å². The number of carbonyl (C=O) groups is 2. The van der Waals surface area contributed by atoms with E-state index in [0.29, 0.717) is 17.4 Å². The van der Waals surface area contributed by atoms with Crippen molar-refractivity contribution in [1.82, 2.24) is 0 Å². The minimum absolute atomic E-state index is 0.0296. The van der Waals surface area contributed by atoms with Crippen LogP contribution in [-0.4, -0.2) is 74.9 Å². The Bertz CT molecular complexity index is 1570. The third-order valence-electron chi connectivity index (χ3n) is 15.5. The van der Waals surface area contributed by atoms with Crippen LogP contribution < -0.4 is 0 Å². The minimum atomic E-state index is -4.39. The first-order valence-corrected chi connectivity index (χ1v) is 36.5. The monoisotopic (exact) mass is 1170 g/mol. The number of phosphoric ester groups is 1. The molecule has 0 radical (unpaired) electrons. The van der Waals surface area contributed by atoms with Crippen molar-refractivity contribution in [2.75, 3.05) is 47.5 Å². The molecule has 480 valence electrons. The van der Waals surface area contributed by atoms with Crippen LogP contribution in [0.3, 0.4) is 0 Å². The highest BCUT2D eigenvalue weighted by atomic mass is 31.2. The zero-order valence-electron chi connectivity index (χ0n) is 54.7. The number of likely N-dealkylation sites (N-methyl/N-ethyl adjacent to an activating group) is 1. The average Bonchev–Trinajstić information content (AvgIpc) is 3.46. The van der Waals surface area contributed by atoms with E-state index in [4.69, 9.17) is 18.5 Å². The molecule has 9 nitrogen and oxygen atoms in total. The summed E-state index contributed by atoms with van der Waals surface area (Å²) in [6.07, 6.45) is 83.4. The molecule has 2 unspecified atom stereocenters. The van der Waals surface area contributed by atoms with E-state index in [-0.39, 0.29) is 32.0 Å². The smallest absolute Gasteiger partial charge is 0.462 e. The molecule has 0 heterocycles. The van der Waals surface area contributed by atoms with Crippen LogP contribution in [0.4, 0.5) is 0 Å². The van der Waals surface area contributed by atoms with Gasteiger partial charge in [0.2, 0.25) is 0 Å². The molecule has 10 heteroatoms. The lowest BCUT2D eigenvalue weighted by Gasteiger charge is -2.24. The van der Waals surface area contributed by atoms with Gasteiger partial charge >= 0.3 is 19.8 Å². The van der Waals surface area contributed by atoms with Crippen LogP contribution in [0.2, 0.25) is 0 Å². The number of unbranched alkanes of at least 4 members (excludes halogenated alkanes) is 41. The van der Waals surface area contributed by atoms with Crippen LogP contribution in [0, 0.1) is 0 Å². The number of hydrogen-bond acceptors (Lipinski definition) is 7. The van der Waals surface area contributed by atoms with E-state index in [2.05, 4.69) is 74.6 Å². The largest absolute Gasteiger partial charge is 0.472 e. The van der Waals surface area contributed by atoms with Crippen molar-refractivity contribution in [2.45, 2.75) is 341 Å². The fraction of sp³-hybridized carbons (Fsp3) is 0.833. The molecule has 0 spiro atoms. The molecule has 0 saturated heterocycles. The Hall–Kier alpha value is -2.29. The van der Waals surface area contributed by atoms with Crippen molar-refractivity contribution in [3.05, 3.63) is 60.8 Å². The zero-order valence-corrected chi connectivity index (χ0v) is 55.6. The van der Waals surface area contributed by atoms with Gasteiger partial charge in [-0.3, -0.25) is 18.6 Å². The Morgan fingerprint density at radius 3 is 1.05 bits per heavy atom. The molecule has 0 saturated carbocycles. The predicted octanol–water partition coefficient (Wildman–Crippen LogP) is 22.6. The summed E-state index contributed by atoms with van der Waals surface area (Å²) in [5.41, 5.74) is 0. The van der Waals surface area contributed by atoms with Gasteiger partial charge in [0, 0.05) is 12.8 Å². The van der Waals surface area contributed by atoms with Crippen molar-refractivity contribution >= 4 is 19.8 Å². The van der Waals surface area contributed by atoms with Crippen LogP contribution >= 0.6 is 7.82 Å². The standard InChI is InChI=1S/C72H134NO8P/c1-6-8-10-12-14-16-18-20-22-24-26-28-29-30-31-32-33-34-35-36-37-38-39-40-41-42-43-45-46-48-50-52-54-56-58-60-62-64-71(74)78-68-70(69-80-82(76,77)79-67-66-73(3,4)5)81-72(75)65-63-61-59-57-55-53-51-49-47-44-27-25-23-21-19-17-15-13-11-9-7-2/h9,11,15,17,21,23-24,26-27,44,70H,6-8,10,12-14,16,18-20,22,25,28-43,45-69H2,1-5H3/p+1/b11-9-,17-15-,23-21-,26-24-,44-27-. The first-order chi connectivity index (χ1) is 40.0. The predicted molar refractivity (Wildman–Crippen MR) is 353 cm³/mol. The number of ether oxygens (including phenoxy) is 2. The van der Waals surface area contributed by atoms with E-state index in [9.17, 15) is 19.0 Å². The second kappa shape index (κ2) is 63.2. The normalized spacial score (nSPS) is 13.5. The lowest BCUT2D eigenvalue weighted by molar-refractivity contribution is -0.870. The lowest BCUT2D eigenvalue weighted by Crippen LogP contribution is -2.37. The second-order valence-corrected chi connectivity index (χ2v) is 26.3. The maximum absolute atomic E-state index is 12.8. The van der Waals surface area contributed by atoms with Gasteiger partial charge in [-0.25, -0.2) is 4.57 Å². The Labute approximate surface area is 508 Å². The first kappa shape index (κ1) is 79.7. The van der Waals surface area contributed by atoms with Gasteiger partial charge in [-0.05, 0) is 77.0 Å². The molecule has 0 bridgehead atoms. The maximum Gasteiger partial charge on any atom is 0.472 e. The summed E-state index contributed by atoms with van der Waals surface area (Å²) >= 11 is 0. The van der Waals surface area contributed by atoms with Crippen molar-refractivity contribution < 1.29 is 42.1 Å². The molecular weight excluding hydrogens is 1040 g/mol. The van der Waals surface area contributed by atoms with Gasteiger partial charge in [0.1, 0.15) is 19.8 Å². The number of esters is 2. The van der Waals surface area contributed by atoms with Gasteiger partial charge in [-0.1, -0.05) is 306 Å². The van der Waals surface area contributed by atoms with E-state index in [1.54, 1.807) is 0 Å².